The molecular weight excluding hydrogens is 459 g/mol. The van der Waals surface area contributed by atoms with E-state index in [-0.39, 0.29) is 17.8 Å². The van der Waals surface area contributed by atoms with Crippen LogP contribution in [0, 0.1) is 0 Å². The number of halogens is 4. The fourth-order valence-corrected chi connectivity index (χ4v) is 3.99. The molecule has 33 heavy (non-hydrogen) atoms. The number of nitrogens with one attached hydrogen (secondary N) is 1. The van der Waals surface area contributed by atoms with Gasteiger partial charge in [-0.25, -0.2) is 9.97 Å². The maximum Gasteiger partial charge on any atom is 0.433 e. The lowest BCUT2D eigenvalue weighted by molar-refractivity contribution is -0.144. The second kappa shape index (κ2) is 8.87. The SMILES string of the molecule is COc1cccc(-c2c[nH]c(-c3cnn(C[C@@H](C)O)c3C(F)(F)F)c2-c2ccncn2)c1Cl. The number of H-pyrrole nitrogens is 1. The molecule has 4 rings (SSSR count). The van der Waals surface area contributed by atoms with Crippen LogP contribution >= 0.6 is 11.6 Å². The number of ether oxygens (including phenoxy) is 1. The number of aromatic nitrogens is 5. The summed E-state index contributed by atoms with van der Waals surface area (Å²) in [5.41, 5.74) is 0.875. The molecule has 172 valence electrons. The molecule has 11 heteroatoms. The number of aliphatic hydroxyl groups excluding tert-OH is 1. The van der Waals surface area contributed by atoms with Crippen molar-refractivity contribution in [3.63, 3.8) is 0 Å². The van der Waals surface area contributed by atoms with E-state index in [2.05, 4.69) is 20.1 Å². The molecule has 0 spiro atoms. The Morgan fingerprint density at radius 3 is 2.64 bits per heavy atom. The highest BCUT2D eigenvalue weighted by molar-refractivity contribution is 6.35. The van der Waals surface area contributed by atoms with Crippen LogP contribution < -0.4 is 4.74 Å². The number of alkyl halides is 3. The van der Waals surface area contributed by atoms with Gasteiger partial charge >= 0.3 is 6.18 Å². The molecule has 0 radical (unpaired) electrons. The highest BCUT2D eigenvalue weighted by Crippen LogP contribution is 2.46. The first kappa shape index (κ1) is 22.8. The van der Waals surface area contributed by atoms with Gasteiger partial charge in [0.2, 0.25) is 0 Å². The summed E-state index contributed by atoms with van der Waals surface area (Å²) in [6.07, 6.45) is -0.238. The fourth-order valence-electron chi connectivity index (χ4n) is 3.69. The molecule has 0 bridgehead atoms. The number of hydrogen-bond acceptors (Lipinski definition) is 5. The first-order valence-corrected chi connectivity index (χ1v) is 10.2. The van der Waals surface area contributed by atoms with Crippen LogP contribution in [0.15, 0.2) is 49.2 Å². The van der Waals surface area contributed by atoms with Crippen LogP contribution in [0.3, 0.4) is 0 Å². The fraction of sp³-hybridized carbons (Fsp3) is 0.227. The molecule has 1 atom stereocenters. The summed E-state index contributed by atoms with van der Waals surface area (Å²) in [4.78, 5) is 11.1. The lowest BCUT2D eigenvalue weighted by Gasteiger charge is -2.15. The van der Waals surface area contributed by atoms with Gasteiger partial charge < -0.3 is 14.8 Å². The Bertz CT molecular complexity index is 1270. The average molecular weight is 478 g/mol. The Morgan fingerprint density at radius 2 is 2.00 bits per heavy atom. The minimum Gasteiger partial charge on any atom is -0.495 e. The molecule has 0 aliphatic heterocycles. The van der Waals surface area contributed by atoms with E-state index in [1.54, 1.807) is 30.5 Å². The predicted octanol–water partition coefficient (Wildman–Crippen LogP) is 5.06. The van der Waals surface area contributed by atoms with E-state index in [4.69, 9.17) is 16.3 Å². The summed E-state index contributed by atoms with van der Waals surface area (Å²) >= 11 is 6.53. The summed E-state index contributed by atoms with van der Waals surface area (Å²) in [7, 11) is 1.48. The van der Waals surface area contributed by atoms with E-state index in [1.165, 1.54) is 26.6 Å². The second-order valence-electron chi connectivity index (χ2n) is 7.30. The minimum absolute atomic E-state index is 0.159. The molecule has 7 nitrogen and oxygen atoms in total. The standard InChI is InChI=1S/C22H19ClF3N5O2/c1-12(32)10-31-21(22(24,25)26)15(9-30-31)20-18(16-6-7-27-11-29-16)14(8-28-20)13-4-3-5-17(33-2)19(13)23/h3-9,11-12,28,32H,10H2,1-2H3/t12-/m1/s1. The van der Waals surface area contributed by atoms with Crippen LogP contribution in [0.25, 0.3) is 33.6 Å². The van der Waals surface area contributed by atoms with Gasteiger partial charge in [0.25, 0.3) is 0 Å². The molecule has 3 aromatic heterocycles. The predicted molar refractivity (Wildman–Crippen MR) is 117 cm³/mol. The van der Waals surface area contributed by atoms with Gasteiger partial charge in [-0.3, -0.25) is 4.68 Å². The van der Waals surface area contributed by atoms with Crippen molar-refractivity contribution in [1.29, 1.82) is 0 Å². The molecule has 0 aliphatic carbocycles. The van der Waals surface area contributed by atoms with Crippen LogP contribution in [0.5, 0.6) is 5.75 Å². The number of aliphatic hydroxyl groups is 1. The summed E-state index contributed by atoms with van der Waals surface area (Å²) in [5.74, 6) is 0.422. The van der Waals surface area contributed by atoms with Gasteiger partial charge in [0.1, 0.15) is 12.1 Å². The smallest absolute Gasteiger partial charge is 0.433 e. The van der Waals surface area contributed by atoms with Crippen molar-refractivity contribution in [2.24, 2.45) is 0 Å². The lowest BCUT2D eigenvalue weighted by Crippen LogP contribution is -2.21. The maximum absolute atomic E-state index is 14.1. The number of rotatable bonds is 6. The molecule has 0 saturated carbocycles. The summed E-state index contributed by atoms with van der Waals surface area (Å²) < 4.78 is 48.3. The van der Waals surface area contributed by atoms with E-state index in [9.17, 15) is 18.3 Å². The van der Waals surface area contributed by atoms with Crippen molar-refractivity contribution < 1.29 is 23.0 Å². The summed E-state index contributed by atoms with van der Waals surface area (Å²) in [6.45, 7) is 1.08. The van der Waals surface area contributed by atoms with Gasteiger partial charge in [-0.05, 0) is 19.1 Å². The van der Waals surface area contributed by atoms with Gasteiger partial charge in [0.15, 0.2) is 5.69 Å². The number of hydrogen-bond donors (Lipinski definition) is 2. The Morgan fingerprint density at radius 1 is 1.21 bits per heavy atom. The van der Waals surface area contributed by atoms with Crippen molar-refractivity contribution in [2.45, 2.75) is 25.7 Å². The normalized spacial score (nSPS) is 12.7. The van der Waals surface area contributed by atoms with Crippen LogP contribution in [0.4, 0.5) is 13.2 Å². The number of methoxy groups -OCH3 is 1. The summed E-state index contributed by atoms with van der Waals surface area (Å²) in [6, 6.07) is 6.76. The third kappa shape index (κ3) is 4.31. The van der Waals surface area contributed by atoms with Crippen molar-refractivity contribution in [1.82, 2.24) is 24.7 Å². The maximum atomic E-state index is 14.1. The topological polar surface area (TPSA) is 88.8 Å². The highest BCUT2D eigenvalue weighted by Gasteiger charge is 2.40. The van der Waals surface area contributed by atoms with Crippen LogP contribution in [0.1, 0.15) is 12.6 Å². The van der Waals surface area contributed by atoms with E-state index < -0.39 is 18.0 Å². The minimum atomic E-state index is -4.72. The second-order valence-corrected chi connectivity index (χ2v) is 7.68. The Balaban J connectivity index is 2.00. The quantitative estimate of drug-likeness (QED) is 0.405. The van der Waals surface area contributed by atoms with Crippen molar-refractivity contribution in [3.8, 4) is 39.4 Å². The molecular formula is C22H19ClF3N5O2. The number of aromatic amines is 1. The van der Waals surface area contributed by atoms with Crippen LogP contribution in [-0.4, -0.2) is 43.1 Å². The zero-order valence-electron chi connectivity index (χ0n) is 17.6. The van der Waals surface area contributed by atoms with Crippen molar-refractivity contribution in [3.05, 3.63) is 59.9 Å². The van der Waals surface area contributed by atoms with E-state index in [1.807, 2.05) is 0 Å². The lowest BCUT2D eigenvalue weighted by atomic mass is 9.97. The zero-order chi connectivity index (χ0) is 23.8. The first-order chi connectivity index (χ1) is 15.7. The molecule has 3 heterocycles. The largest absolute Gasteiger partial charge is 0.495 e. The molecule has 0 fully saturated rings. The van der Waals surface area contributed by atoms with Crippen LogP contribution in [-0.2, 0) is 12.7 Å². The van der Waals surface area contributed by atoms with Gasteiger partial charge in [0, 0.05) is 34.6 Å². The average Bonchev–Trinajstić information content (AvgIpc) is 3.38. The van der Waals surface area contributed by atoms with Gasteiger partial charge in [0.05, 0.1) is 42.4 Å². The van der Waals surface area contributed by atoms with E-state index in [0.29, 0.717) is 33.2 Å². The third-order valence-corrected chi connectivity index (χ3v) is 5.40. The molecule has 0 aliphatic rings. The van der Waals surface area contributed by atoms with Crippen molar-refractivity contribution in [2.75, 3.05) is 7.11 Å². The van der Waals surface area contributed by atoms with Gasteiger partial charge in [-0.15, -0.1) is 0 Å². The molecule has 2 N–H and O–H groups in total. The molecule has 4 aromatic rings. The zero-order valence-corrected chi connectivity index (χ0v) is 18.3. The van der Waals surface area contributed by atoms with E-state index in [0.717, 1.165) is 10.9 Å². The Labute approximate surface area is 191 Å². The van der Waals surface area contributed by atoms with Gasteiger partial charge in [-0.1, -0.05) is 23.7 Å². The molecule has 1 aromatic carbocycles. The highest BCUT2D eigenvalue weighted by atomic mass is 35.5. The Hall–Kier alpha value is -3.37. The summed E-state index contributed by atoms with van der Waals surface area (Å²) in [5, 5.41) is 13.9. The molecule has 0 saturated heterocycles. The molecule has 0 amide bonds. The monoisotopic (exact) mass is 477 g/mol. The first-order valence-electron chi connectivity index (χ1n) is 9.84. The van der Waals surface area contributed by atoms with Crippen LogP contribution in [0.2, 0.25) is 5.02 Å². The van der Waals surface area contributed by atoms with E-state index >= 15 is 0 Å². The number of nitrogens with zero attached hydrogens (tertiary/aromatic N) is 4. The van der Waals surface area contributed by atoms with Crippen molar-refractivity contribution >= 4 is 11.6 Å². The Kier molecular flexibility index (Phi) is 6.13. The number of benzene rings is 1. The molecule has 0 unspecified atom stereocenters. The third-order valence-electron chi connectivity index (χ3n) is 5.01. The van der Waals surface area contributed by atoms with Gasteiger partial charge in [-0.2, -0.15) is 18.3 Å².